The number of carbonyl (C=O) groups is 1. The van der Waals surface area contributed by atoms with Crippen molar-refractivity contribution in [2.45, 2.75) is 44.1 Å². The second-order valence-electron chi connectivity index (χ2n) is 5.93. The maximum Gasteiger partial charge on any atom is 0.302 e. The van der Waals surface area contributed by atoms with Crippen LogP contribution in [-0.2, 0) is 29.2 Å². The van der Waals surface area contributed by atoms with Gasteiger partial charge in [-0.05, 0) is 31.2 Å². The maximum absolute atomic E-state index is 11.3. The largest absolute Gasteiger partial charge is 0.465 e. The van der Waals surface area contributed by atoms with E-state index in [2.05, 4.69) is 0 Å². The molecule has 22 heavy (non-hydrogen) atoms. The molecule has 0 saturated heterocycles. The number of esters is 1. The summed E-state index contributed by atoms with van der Waals surface area (Å²) in [5.41, 5.74) is 0.860. The molecule has 5 nitrogen and oxygen atoms in total. The van der Waals surface area contributed by atoms with Crippen LogP contribution in [-0.4, -0.2) is 33.4 Å². The molecule has 0 heterocycles. The molecule has 0 bridgehead atoms. The van der Waals surface area contributed by atoms with Gasteiger partial charge < -0.3 is 4.74 Å². The molecule has 0 spiro atoms. The summed E-state index contributed by atoms with van der Waals surface area (Å²) in [6, 6.07) is 9.93. The third-order valence-corrected chi connectivity index (χ3v) is 4.76. The van der Waals surface area contributed by atoms with Crippen molar-refractivity contribution in [1.29, 1.82) is 0 Å². The molecule has 0 N–H and O–H groups in total. The predicted octanol–water partition coefficient (Wildman–Crippen LogP) is 2.41. The van der Waals surface area contributed by atoms with Crippen molar-refractivity contribution in [2.24, 2.45) is 0 Å². The van der Waals surface area contributed by atoms with E-state index in [-0.39, 0.29) is 17.5 Å². The Morgan fingerprint density at radius 3 is 2.32 bits per heavy atom. The minimum Gasteiger partial charge on any atom is -0.465 e. The normalized spacial score (nSPS) is 25.6. The summed E-state index contributed by atoms with van der Waals surface area (Å²) in [6.45, 7) is 1.72. The molecule has 0 aromatic heterocycles. The van der Waals surface area contributed by atoms with Gasteiger partial charge in [-0.2, -0.15) is 8.42 Å². The van der Waals surface area contributed by atoms with Crippen molar-refractivity contribution in [2.75, 3.05) is 12.9 Å². The monoisotopic (exact) mass is 326 g/mol. The second kappa shape index (κ2) is 6.79. The van der Waals surface area contributed by atoms with Crippen molar-refractivity contribution < 1.29 is 22.1 Å². The average molecular weight is 326 g/mol. The molecule has 2 rings (SSSR count). The van der Waals surface area contributed by atoms with Crippen LogP contribution in [0.2, 0.25) is 0 Å². The summed E-state index contributed by atoms with van der Waals surface area (Å²) in [7, 11) is -3.44. The van der Waals surface area contributed by atoms with Gasteiger partial charge in [0.15, 0.2) is 0 Å². The molecular weight excluding hydrogens is 304 g/mol. The number of benzene rings is 1. The Balaban J connectivity index is 2.13. The quantitative estimate of drug-likeness (QED) is 0.614. The molecule has 122 valence electrons. The van der Waals surface area contributed by atoms with Gasteiger partial charge in [0, 0.05) is 12.3 Å². The molecule has 0 unspecified atom stereocenters. The van der Waals surface area contributed by atoms with Crippen LogP contribution in [0, 0.1) is 0 Å². The number of rotatable bonds is 5. The molecule has 0 aliphatic heterocycles. The van der Waals surface area contributed by atoms with Gasteiger partial charge in [0.1, 0.15) is 6.61 Å². The standard InChI is InChI=1S/C16H22O5S/c1-13(17)20-12-16(14-6-4-3-5-7-14)10-8-15(9-11-16)21-22(2,18)19/h3-7,15H,8-12H2,1-2H3/t15-,16-. The zero-order valence-electron chi connectivity index (χ0n) is 12.9. The van der Waals surface area contributed by atoms with Crippen LogP contribution in [0.3, 0.4) is 0 Å². The Bertz CT molecular complexity index is 601. The lowest BCUT2D eigenvalue weighted by atomic mass is 9.69. The van der Waals surface area contributed by atoms with E-state index in [0.29, 0.717) is 19.4 Å². The first-order chi connectivity index (χ1) is 10.3. The highest BCUT2D eigenvalue weighted by atomic mass is 32.2. The lowest BCUT2D eigenvalue weighted by Crippen LogP contribution is -2.39. The van der Waals surface area contributed by atoms with E-state index in [4.69, 9.17) is 8.92 Å². The Labute approximate surface area is 131 Å². The molecule has 1 fully saturated rings. The van der Waals surface area contributed by atoms with E-state index in [1.807, 2.05) is 30.3 Å². The summed E-state index contributed by atoms with van der Waals surface area (Å²) >= 11 is 0. The number of hydrogen-bond acceptors (Lipinski definition) is 5. The highest BCUT2D eigenvalue weighted by Gasteiger charge is 2.39. The summed E-state index contributed by atoms with van der Waals surface area (Å²) in [6.07, 6.45) is 3.50. The summed E-state index contributed by atoms with van der Waals surface area (Å²) in [5, 5.41) is 0. The third kappa shape index (κ3) is 4.55. The fourth-order valence-electron chi connectivity index (χ4n) is 3.04. The first-order valence-electron chi connectivity index (χ1n) is 7.38. The molecule has 6 heteroatoms. The zero-order valence-corrected chi connectivity index (χ0v) is 13.8. The van der Waals surface area contributed by atoms with E-state index >= 15 is 0 Å². The van der Waals surface area contributed by atoms with Gasteiger partial charge in [0.05, 0.1) is 12.4 Å². The average Bonchev–Trinajstić information content (AvgIpc) is 2.46. The van der Waals surface area contributed by atoms with Crippen LogP contribution in [0.25, 0.3) is 0 Å². The van der Waals surface area contributed by atoms with Crippen molar-refractivity contribution in [1.82, 2.24) is 0 Å². The molecule has 0 atom stereocenters. The molecule has 0 amide bonds. The molecule has 1 aliphatic rings. The first-order valence-corrected chi connectivity index (χ1v) is 9.20. The fourth-order valence-corrected chi connectivity index (χ4v) is 3.72. The number of carbonyl (C=O) groups excluding carboxylic acids is 1. The van der Waals surface area contributed by atoms with E-state index in [1.54, 1.807) is 0 Å². The molecule has 1 aromatic carbocycles. The Kier molecular flexibility index (Phi) is 5.24. The smallest absolute Gasteiger partial charge is 0.302 e. The topological polar surface area (TPSA) is 69.7 Å². The summed E-state index contributed by atoms with van der Waals surface area (Å²) < 4.78 is 32.9. The van der Waals surface area contributed by atoms with E-state index in [9.17, 15) is 13.2 Å². The Morgan fingerprint density at radius 2 is 1.82 bits per heavy atom. The predicted molar refractivity (Wildman–Crippen MR) is 82.9 cm³/mol. The van der Waals surface area contributed by atoms with Gasteiger partial charge >= 0.3 is 5.97 Å². The molecule has 0 radical (unpaired) electrons. The van der Waals surface area contributed by atoms with Crippen LogP contribution in [0.5, 0.6) is 0 Å². The second-order valence-corrected chi connectivity index (χ2v) is 7.53. The minimum atomic E-state index is -3.44. The van der Waals surface area contributed by atoms with Crippen LogP contribution >= 0.6 is 0 Å². The van der Waals surface area contributed by atoms with Crippen molar-refractivity contribution in [3.63, 3.8) is 0 Å². The Hall–Kier alpha value is -1.40. The molecule has 1 saturated carbocycles. The third-order valence-electron chi connectivity index (χ3n) is 4.14. The first kappa shape index (κ1) is 17.0. The van der Waals surface area contributed by atoms with Crippen LogP contribution in [0.1, 0.15) is 38.2 Å². The van der Waals surface area contributed by atoms with Gasteiger partial charge in [-0.25, -0.2) is 0 Å². The summed E-state index contributed by atoms with van der Waals surface area (Å²) in [5.74, 6) is -0.301. The van der Waals surface area contributed by atoms with Crippen molar-refractivity contribution in [3.05, 3.63) is 35.9 Å². The number of ether oxygens (including phenoxy) is 1. The van der Waals surface area contributed by atoms with E-state index < -0.39 is 10.1 Å². The zero-order chi connectivity index (χ0) is 16.2. The van der Waals surface area contributed by atoms with Crippen LogP contribution in [0.4, 0.5) is 0 Å². The fraction of sp³-hybridized carbons (Fsp3) is 0.562. The highest BCUT2D eigenvalue weighted by Crippen LogP contribution is 2.40. The van der Waals surface area contributed by atoms with Gasteiger partial charge in [-0.1, -0.05) is 30.3 Å². The van der Waals surface area contributed by atoms with Crippen LogP contribution in [0.15, 0.2) is 30.3 Å². The van der Waals surface area contributed by atoms with Crippen molar-refractivity contribution >= 4 is 16.1 Å². The molecular formula is C16H22O5S. The van der Waals surface area contributed by atoms with Gasteiger partial charge in [0.2, 0.25) is 0 Å². The lowest BCUT2D eigenvalue weighted by Gasteiger charge is -2.39. The van der Waals surface area contributed by atoms with Crippen LogP contribution < -0.4 is 0 Å². The summed E-state index contributed by atoms with van der Waals surface area (Å²) in [4.78, 5) is 11.2. The highest BCUT2D eigenvalue weighted by molar-refractivity contribution is 7.86. The molecule has 1 aromatic rings. The lowest BCUT2D eigenvalue weighted by molar-refractivity contribution is -0.143. The van der Waals surface area contributed by atoms with Crippen molar-refractivity contribution in [3.8, 4) is 0 Å². The SMILES string of the molecule is CC(=O)OC[C@]1(c2ccccc2)CC[C@H](OS(C)(=O)=O)CC1. The number of hydrogen-bond donors (Lipinski definition) is 0. The Morgan fingerprint density at radius 1 is 1.23 bits per heavy atom. The van der Waals surface area contributed by atoms with Gasteiger partial charge in [0.25, 0.3) is 10.1 Å². The van der Waals surface area contributed by atoms with E-state index in [1.165, 1.54) is 6.92 Å². The minimum absolute atomic E-state index is 0.260. The van der Waals surface area contributed by atoms with Gasteiger partial charge in [-0.15, -0.1) is 0 Å². The maximum atomic E-state index is 11.3. The molecule has 1 aliphatic carbocycles. The van der Waals surface area contributed by atoms with Gasteiger partial charge in [-0.3, -0.25) is 8.98 Å². The van der Waals surface area contributed by atoms with E-state index in [0.717, 1.165) is 24.7 Å².